The highest BCUT2D eigenvalue weighted by atomic mass is 16.5. The Labute approximate surface area is 109 Å². The molecule has 3 atom stereocenters. The first-order chi connectivity index (χ1) is 8.70. The van der Waals surface area contributed by atoms with Gasteiger partial charge in [0.05, 0.1) is 6.10 Å². The van der Waals surface area contributed by atoms with Crippen LogP contribution in [0.25, 0.3) is 0 Å². The molecule has 18 heavy (non-hydrogen) atoms. The van der Waals surface area contributed by atoms with Crippen molar-refractivity contribution in [1.29, 1.82) is 0 Å². The molecule has 0 aromatic heterocycles. The molecule has 3 nitrogen and oxygen atoms in total. The lowest BCUT2D eigenvalue weighted by Gasteiger charge is -2.29. The number of hydrogen-bond donors (Lipinski definition) is 1. The van der Waals surface area contributed by atoms with Crippen molar-refractivity contribution >= 4 is 0 Å². The summed E-state index contributed by atoms with van der Waals surface area (Å²) < 4.78 is 11.6. The molecule has 3 heteroatoms. The molecule has 1 aromatic rings. The second-order valence-electron chi connectivity index (χ2n) is 5.09. The molecule has 0 bridgehead atoms. The standard InChI is InChI=1S/C15H23NO2/c1-11(16)14-8-3-4-9-15(14)18-13-7-5-6-12(10-13)17-2/h3-4,8-9,11-13H,5-7,10,16H2,1-2H3/t11-,12?,13?/m0/s1. The highest BCUT2D eigenvalue weighted by Crippen LogP contribution is 2.29. The highest BCUT2D eigenvalue weighted by Gasteiger charge is 2.23. The highest BCUT2D eigenvalue weighted by molar-refractivity contribution is 5.35. The van der Waals surface area contributed by atoms with Gasteiger partial charge in [0.2, 0.25) is 0 Å². The van der Waals surface area contributed by atoms with Crippen molar-refractivity contribution in [3.8, 4) is 5.75 Å². The van der Waals surface area contributed by atoms with E-state index in [1.807, 2.05) is 31.2 Å². The molecule has 0 saturated heterocycles. The van der Waals surface area contributed by atoms with Gasteiger partial charge in [0.1, 0.15) is 11.9 Å². The van der Waals surface area contributed by atoms with Crippen molar-refractivity contribution < 1.29 is 9.47 Å². The number of benzene rings is 1. The maximum atomic E-state index is 6.12. The van der Waals surface area contributed by atoms with Gasteiger partial charge >= 0.3 is 0 Å². The lowest BCUT2D eigenvalue weighted by Crippen LogP contribution is -2.30. The summed E-state index contributed by atoms with van der Waals surface area (Å²) in [5.74, 6) is 0.925. The lowest BCUT2D eigenvalue weighted by molar-refractivity contribution is 0.0206. The average Bonchev–Trinajstić information content (AvgIpc) is 2.39. The third kappa shape index (κ3) is 3.24. The van der Waals surface area contributed by atoms with Crippen LogP contribution in [-0.4, -0.2) is 19.3 Å². The largest absolute Gasteiger partial charge is 0.490 e. The minimum atomic E-state index is 0.00279. The third-order valence-electron chi connectivity index (χ3n) is 3.61. The molecule has 0 aliphatic heterocycles. The molecule has 2 N–H and O–H groups in total. The zero-order chi connectivity index (χ0) is 13.0. The van der Waals surface area contributed by atoms with Gasteiger partial charge in [0.15, 0.2) is 0 Å². The second-order valence-corrected chi connectivity index (χ2v) is 5.09. The van der Waals surface area contributed by atoms with Crippen molar-refractivity contribution in [3.05, 3.63) is 29.8 Å². The summed E-state index contributed by atoms with van der Waals surface area (Å²) in [6.07, 6.45) is 4.99. The monoisotopic (exact) mass is 249 g/mol. The van der Waals surface area contributed by atoms with Crippen LogP contribution in [0.15, 0.2) is 24.3 Å². The molecule has 1 aliphatic rings. The first-order valence-electron chi connectivity index (χ1n) is 6.74. The van der Waals surface area contributed by atoms with Gasteiger partial charge in [-0.1, -0.05) is 18.2 Å². The van der Waals surface area contributed by atoms with Crippen LogP contribution in [0.5, 0.6) is 5.75 Å². The van der Waals surface area contributed by atoms with Gasteiger partial charge in [-0.2, -0.15) is 0 Å². The van der Waals surface area contributed by atoms with E-state index < -0.39 is 0 Å². The van der Waals surface area contributed by atoms with E-state index in [2.05, 4.69) is 0 Å². The van der Waals surface area contributed by atoms with Gasteiger partial charge in [-0.25, -0.2) is 0 Å². The summed E-state index contributed by atoms with van der Waals surface area (Å²) in [4.78, 5) is 0. The Hall–Kier alpha value is -1.06. The predicted octanol–water partition coefficient (Wildman–Crippen LogP) is 3.04. The fraction of sp³-hybridized carbons (Fsp3) is 0.600. The first-order valence-corrected chi connectivity index (χ1v) is 6.74. The van der Waals surface area contributed by atoms with Gasteiger partial charge in [-0.05, 0) is 32.3 Å². The first kappa shape index (κ1) is 13.4. The van der Waals surface area contributed by atoms with Gasteiger partial charge in [-0.15, -0.1) is 0 Å². The van der Waals surface area contributed by atoms with Crippen molar-refractivity contribution in [3.63, 3.8) is 0 Å². The normalized spacial score (nSPS) is 25.7. The SMILES string of the molecule is COC1CCCC(Oc2ccccc2[C@H](C)N)C1. The van der Waals surface area contributed by atoms with Crippen LogP contribution in [0, 0.1) is 0 Å². The summed E-state index contributed by atoms with van der Waals surface area (Å²) in [5.41, 5.74) is 7.05. The van der Waals surface area contributed by atoms with Crippen LogP contribution in [0.2, 0.25) is 0 Å². The topological polar surface area (TPSA) is 44.5 Å². The van der Waals surface area contributed by atoms with Crippen molar-refractivity contribution in [2.24, 2.45) is 5.73 Å². The average molecular weight is 249 g/mol. The molecule has 0 amide bonds. The quantitative estimate of drug-likeness (QED) is 0.892. The number of nitrogens with two attached hydrogens (primary N) is 1. The molecule has 2 rings (SSSR count). The van der Waals surface area contributed by atoms with Crippen LogP contribution in [-0.2, 0) is 4.74 Å². The van der Waals surface area contributed by atoms with Gasteiger partial charge < -0.3 is 15.2 Å². The van der Waals surface area contributed by atoms with Gasteiger partial charge in [0.25, 0.3) is 0 Å². The molecule has 100 valence electrons. The van der Waals surface area contributed by atoms with E-state index in [0.717, 1.165) is 30.6 Å². The number of para-hydroxylation sites is 1. The third-order valence-corrected chi connectivity index (χ3v) is 3.61. The number of methoxy groups -OCH3 is 1. The molecule has 1 aliphatic carbocycles. The van der Waals surface area contributed by atoms with Crippen molar-refractivity contribution in [2.75, 3.05) is 7.11 Å². The number of hydrogen-bond acceptors (Lipinski definition) is 3. The van der Waals surface area contributed by atoms with E-state index in [-0.39, 0.29) is 12.1 Å². The molecule has 0 radical (unpaired) electrons. The summed E-state index contributed by atoms with van der Waals surface area (Å²) in [7, 11) is 1.78. The van der Waals surface area contributed by atoms with Crippen LogP contribution in [0.4, 0.5) is 0 Å². The Kier molecular flexibility index (Phi) is 4.61. The van der Waals surface area contributed by atoms with E-state index in [1.165, 1.54) is 6.42 Å². The van der Waals surface area contributed by atoms with Crippen LogP contribution in [0.1, 0.15) is 44.2 Å². The molecule has 0 heterocycles. The molecule has 2 unspecified atom stereocenters. The molecule has 0 spiro atoms. The fourth-order valence-corrected chi connectivity index (χ4v) is 2.57. The van der Waals surface area contributed by atoms with Gasteiger partial charge in [-0.3, -0.25) is 0 Å². The lowest BCUT2D eigenvalue weighted by atomic mass is 9.94. The van der Waals surface area contributed by atoms with E-state index in [9.17, 15) is 0 Å². The summed E-state index contributed by atoms with van der Waals surface area (Å²) in [6.45, 7) is 1.99. The Morgan fingerprint density at radius 3 is 2.67 bits per heavy atom. The maximum absolute atomic E-state index is 6.12. The van der Waals surface area contributed by atoms with Gasteiger partial charge in [0, 0.05) is 25.1 Å². The number of ether oxygens (including phenoxy) is 2. The van der Waals surface area contributed by atoms with E-state index in [4.69, 9.17) is 15.2 Å². The predicted molar refractivity (Wildman–Crippen MR) is 72.7 cm³/mol. The smallest absolute Gasteiger partial charge is 0.124 e. The van der Waals surface area contributed by atoms with Crippen LogP contribution in [0.3, 0.4) is 0 Å². The molecular weight excluding hydrogens is 226 g/mol. The Morgan fingerprint density at radius 2 is 1.94 bits per heavy atom. The Balaban J connectivity index is 2.04. The van der Waals surface area contributed by atoms with Crippen LogP contribution >= 0.6 is 0 Å². The Bertz CT molecular complexity index is 379. The summed E-state index contributed by atoms with van der Waals surface area (Å²) >= 11 is 0. The minimum absolute atomic E-state index is 0.00279. The van der Waals surface area contributed by atoms with E-state index in [1.54, 1.807) is 7.11 Å². The number of rotatable bonds is 4. The summed E-state index contributed by atoms with van der Waals surface area (Å²) in [5, 5.41) is 0. The van der Waals surface area contributed by atoms with Crippen LogP contribution < -0.4 is 10.5 Å². The molecular formula is C15H23NO2. The summed E-state index contributed by atoms with van der Waals surface area (Å²) in [6, 6.07) is 8.05. The minimum Gasteiger partial charge on any atom is -0.490 e. The zero-order valence-electron chi connectivity index (χ0n) is 11.3. The van der Waals surface area contributed by atoms with E-state index in [0.29, 0.717) is 6.10 Å². The van der Waals surface area contributed by atoms with Crippen molar-refractivity contribution in [2.45, 2.75) is 50.9 Å². The molecule has 1 fully saturated rings. The second kappa shape index (κ2) is 6.21. The Morgan fingerprint density at radius 1 is 1.22 bits per heavy atom. The van der Waals surface area contributed by atoms with Crippen molar-refractivity contribution in [1.82, 2.24) is 0 Å². The molecule has 1 aromatic carbocycles. The fourth-order valence-electron chi connectivity index (χ4n) is 2.57. The zero-order valence-corrected chi connectivity index (χ0v) is 11.3. The maximum Gasteiger partial charge on any atom is 0.124 e. The van der Waals surface area contributed by atoms with E-state index >= 15 is 0 Å². The molecule has 1 saturated carbocycles.